The van der Waals surface area contributed by atoms with Crippen LogP contribution in [0.1, 0.15) is 47.9 Å². The Hall–Kier alpha value is -11.3. The lowest BCUT2D eigenvalue weighted by Gasteiger charge is -2.18. The molecule has 446 valence electrons. The van der Waals surface area contributed by atoms with Crippen molar-refractivity contribution in [2.24, 2.45) is 0 Å². The lowest BCUT2D eigenvalue weighted by molar-refractivity contribution is -0.138. The van der Waals surface area contributed by atoms with Crippen molar-refractivity contribution in [1.29, 1.82) is 0 Å². The highest BCUT2D eigenvalue weighted by Crippen LogP contribution is 2.46. The van der Waals surface area contributed by atoms with Crippen LogP contribution in [0.2, 0.25) is 0 Å². The van der Waals surface area contributed by atoms with Gasteiger partial charge in [-0.25, -0.2) is 28.8 Å². The molecule has 0 aliphatic heterocycles. The first-order chi connectivity index (χ1) is 42.9. The van der Waals surface area contributed by atoms with Gasteiger partial charge in [0, 0.05) is 47.6 Å². The molecule has 16 nitrogen and oxygen atoms in total. The average molecular weight is 1180 g/mol. The zero-order valence-corrected chi connectivity index (χ0v) is 48.4. The number of esters is 6. The van der Waals surface area contributed by atoms with Crippen LogP contribution in [0.25, 0.3) is 57.0 Å². The number of carbonyl (C=O) groups excluding carboxylic acids is 6. The lowest BCUT2D eigenvalue weighted by Crippen LogP contribution is -2.08. The highest BCUT2D eigenvalue weighted by atomic mass is 16.6. The van der Waals surface area contributed by atoms with Gasteiger partial charge in [-0.3, -0.25) is 0 Å². The molecule has 0 spiro atoms. The first-order valence-electron chi connectivity index (χ1n) is 27.9. The number of ether oxygens (including phenoxy) is 10. The van der Waals surface area contributed by atoms with E-state index in [-0.39, 0.29) is 34.5 Å². The van der Waals surface area contributed by atoms with Crippen molar-refractivity contribution < 1.29 is 76.1 Å². The molecule has 8 aromatic carbocycles. The summed E-state index contributed by atoms with van der Waals surface area (Å²) in [5.41, 5.74) is 3.58. The van der Waals surface area contributed by atoms with E-state index in [9.17, 15) is 28.8 Å². The summed E-state index contributed by atoms with van der Waals surface area (Å²) in [5.74, 6) is -1.12. The summed E-state index contributed by atoms with van der Waals surface area (Å²) in [5, 5.41) is 3.12. The minimum atomic E-state index is -0.710. The number of carbonyl (C=O) groups is 6. The number of unbranched alkanes of at least 4 members (excludes halogenated alkanes) is 2. The van der Waals surface area contributed by atoms with Crippen LogP contribution in [-0.2, 0) is 38.2 Å². The molecule has 0 saturated carbocycles. The summed E-state index contributed by atoms with van der Waals surface area (Å²) in [6.07, 6.45) is 16.3. The van der Waals surface area contributed by atoms with Crippen LogP contribution < -0.4 is 37.9 Å². The summed E-state index contributed by atoms with van der Waals surface area (Å²) >= 11 is 0. The van der Waals surface area contributed by atoms with Crippen molar-refractivity contribution in [2.75, 3.05) is 40.6 Å². The van der Waals surface area contributed by atoms with Gasteiger partial charge in [0.25, 0.3) is 0 Å². The van der Waals surface area contributed by atoms with Gasteiger partial charge in [-0.2, -0.15) is 0 Å². The van der Waals surface area contributed by atoms with Crippen LogP contribution in [0.3, 0.4) is 0 Å². The third-order valence-electron chi connectivity index (χ3n) is 13.1. The normalized spacial score (nSPS) is 11.2. The molecule has 0 aliphatic rings. The second-order valence-corrected chi connectivity index (χ2v) is 19.2. The summed E-state index contributed by atoms with van der Waals surface area (Å²) in [6.45, 7) is 8.21. The molecule has 8 aromatic rings. The second kappa shape index (κ2) is 32.1. The van der Waals surface area contributed by atoms with Crippen LogP contribution >= 0.6 is 0 Å². The number of benzene rings is 8. The maximum atomic E-state index is 13.8. The Balaban J connectivity index is 0.902. The van der Waals surface area contributed by atoms with E-state index in [1.807, 2.05) is 60.7 Å². The number of hydrogen-bond donors (Lipinski definition) is 0. The van der Waals surface area contributed by atoms with Crippen molar-refractivity contribution in [3.63, 3.8) is 0 Å². The molecule has 88 heavy (non-hydrogen) atoms. The van der Waals surface area contributed by atoms with Crippen molar-refractivity contribution in [1.82, 2.24) is 0 Å². The van der Waals surface area contributed by atoms with E-state index in [1.165, 1.54) is 50.7 Å². The zero-order chi connectivity index (χ0) is 62.0. The molecule has 0 atom stereocenters. The fourth-order valence-electron chi connectivity index (χ4n) is 8.76. The van der Waals surface area contributed by atoms with Crippen molar-refractivity contribution in [2.45, 2.75) is 25.7 Å². The molecule has 0 fully saturated rings. The lowest BCUT2D eigenvalue weighted by atomic mass is 9.92. The molecule has 0 aliphatic carbocycles. The van der Waals surface area contributed by atoms with Gasteiger partial charge in [-0.1, -0.05) is 110 Å². The topological polar surface area (TPSA) is 195 Å². The van der Waals surface area contributed by atoms with E-state index in [0.29, 0.717) is 85.9 Å². The predicted molar refractivity (Wildman–Crippen MR) is 336 cm³/mol. The van der Waals surface area contributed by atoms with E-state index in [4.69, 9.17) is 47.4 Å². The highest BCUT2D eigenvalue weighted by molar-refractivity contribution is 6.11. The zero-order valence-electron chi connectivity index (χ0n) is 48.4. The second-order valence-electron chi connectivity index (χ2n) is 19.2. The molecule has 0 saturated heterocycles. The van der Waals surface area contributed by atoms with E-state index in [2.05, 4.69) is 13.2 Å². The molecule has 0 bridgehead atoms. The van der Waals surface area contributed by atoms with Crippen molar-refractivity contribution in [3.05, 3.63) is 230 Å². The Morgan fingerprint density at radius 2 is 0.682 bits per heavy atom. The largest absolute Gasteiger partial charge is 0.494 e. The van der Waals surface area contributed by atoms with Gasteiger partial charge >= 0.3 is 35.8 Å². The first-order valence-corrected chi connectivity index (χ1v) is 27.9. The minimum absolute atomic E-state index is 0.158. The minimum Gasteiger partial charge on any atom is -0.494 e. The quantitative estimate of drug-likeness (QED) is 0.0186. The maximum Gasteiger partial charge on any atom is 0.336 e. The van der Waals surface area contributed by atoms with E-state index >= 15 is 0 Å². The summed E-state index contributed by atoms with van der Waals surface area (Å²) < 4.78 is 56.0. The van der Waals surface area contributed by atoms with Gasteiger partial charge in [0.2, 0.25) is 0 Å². The molecule has 0 aromatic heterocycles. The SMILES string of the molecule is C=CC(=O)OCCCCOc1ccc(/C=C/C(=O)Oc2ccc(/C=C/C(=O)Oc3ccc4ccccc4c3-c3c(OC(=O)/C=C/c4ccc(OC(=O)/C=C/c5ccc(OCCCCOC(=O)C=C)cc5)c(OC)c4)ccc4ccccc34)cc2OC)cc1. The molecule has 0 heterocycles. The molecule has 16 heteroatoms. The molecular formula is C72H62O16. The molecule has 0 N–H and O–H groups in total. The summed E-state index contributed by atoms with van der Waals surface area (Å²) in [7, 11) is 2.86. The van der Waals surface area contributed by atoms with Crippen LogP contribution in [0.4, 0.5) is 0 Å². The van der Waals surface area contributed by atoms with Crippen molar-refractivity contribution in [3.8, 4) is 57.1 Å². The monoisotopic (exact) mass is 1180 g/mol. The van der Waals surface area contributed by atoms with Crippen LogP contribution in [0.5, 0.6) is 46.0 Å². The molecule has 0 unspecified atom stereocenters. The Labute approximate surface area is 508 Å². The third-order valence-corrected chi connectivity index (χ3v) is 13.1. The fraction of sp³-hybridized carbons (Fsp3) is 0.139. The van der Waals surface area contributed by atoms with Gasteiger partial charge in [0.15, 0.2) is 23.0 Å². The molecule has 8 rings (SSSR count). The van der Waals surface area contributed by atoms with Gasteiger partial charge in [0.1, 0.15) is 23.0 Å². The molecule has 0 amide bonds. The highest BCUT2D eigenvalue weighted by Gasteiger charge is 2.22. The Bertz CT molecular complexity index is 3690. The average Bonchev–Trinajstić information content (AvgIpc) is 1.37. The smallest absolute Gasteiger partial charge is 0.336 e. The predicted octanol–water partition coefficient (Wildman–Crippen LogP) is 13.9. The van der Waals surface area contributed by atoms with Crippen LogP contribution in [0, 0.1) is 0 Å². The number of fused-ring (bicyclic) bond motifs is 2. The summed E-state index contributed by atoms with van der Waals surface area (Å²) in [6, 6.07) is 46.2. The van der Waals surface area contributed by atoms with Gasteiger partial charge < -0.3 is 47.4 Å². The van der Waals surface area contributed by atoms with E-state index in [1.54, 1.807) is 109 Å². The first kappa shape index (κ1) is 62.8. The van der Waals surface area contributed by atoms with Crippen molar-refractivity contribution >= 4 is 81.7 Å². The fourth-order valence-corrected chi connectivity index (χ4v) is 8.76. The maximum absolute atomic E-state index is 13.8. The Kier molecular flexibility index (Phi) is 22.9. The third kappa shape index (κ3) is 18.4. The van der Waals surface area contributed by atoms with Crippen LogP contribution in [-0.4, -0.2) is 76.5 Å². The Morgan fingerprint density at radius 3 is 1.06 bits per heavy atom. The van der Waals surface area contributed by atoms with Gasteiger partial charge in [-0.05, 0) is 154 Å². The van der Waals surface area contributed by atoms with Gasteiger partial charge in [0.05, 0.1) is 40.6 Å². The number of hydrogen-bond acceptors (Lipinski definition) is 16. The summed E-state index contributed by atoms with van der Waals surface area (Å²) in [4.78, 5) is 75.8. The molecular weight excluding hydrogens is 1120 g/mol. The van der Waals surface area contributed by atoms with Gasteiger partial charge in [-0.15, -0.1) is 0 Å². The molecule has 0 radical (unpaired) electrons. The van der Waals surface area contributed by atoms with Crippen LogP contribution in [0.15, 0.2) is 207 Å². The number of rotatable bonds is 29. The Morgan fingerprint density at radius 1 is 0.352 bits per heavy atom. The van der Waals surface area contributed by atoms with E-state index < -0.39 is 35.8 Å². The number of methoxy groups -OCH3 is 2. The van der Waals surface area contributed by atoms with E-state index in [0.717, 1.165) is 44.8 Å². The standard InChI is InChI=1S/C72H62O16/c1-5-65(73)83-45-13-11-43-81-55-31-19-49(20-32-55)25-39-67(75)85-59-35-23-51(47-63(59)79-3)27-41-69(77)87-61-37-29-53-15-7-9-17-57(53)71(61)72-58-18-10-8-16-54(58)30-38-62(72)88-70(78)42-28-52-24-36-60(64(48-52)80-4)86-68(76)40-26-50-21-33-56(34-22-50)82-44-12-14-46-84-66(74)6-2/h5-10,15-42,47-48H,1-2,11-14,43-46H2,3-4H3/b39-25+,40-26+,41-27+,42-28+.